The second-order valence-electron chi connectivity index (χ2n) is 3.69. The topological polar surface area (TPSA) is 54.4 Å². The predicted molar refractivity (Wildman–Crippen MR) is 64.3 cm³/mol. The van der Waals surface area contributed by atoms with Crippen LogP contribution in [0.15, 0.2) is 24.3 Å². The number of aliphatic carboxylic acids is 1. The lowest BCUT2D eigenvalue weighted by Gasteiger charge is -1.96. The van der Waals surface area contributed by atoms with Gasteiger partial charge in [0.1, 0.15) is 0 Å². The molecule has 0 heterocycles. The van der Waals surface area contributed by atoms with Gasteiger partial charge in [-0.1, -0.05) is 44.8 Å². The molecule has 0 amide bonds. The maximum atomic E-state index is 11.3. The Hall–Kier alpha value is -1.38. The summed E-state index contributed by atoms with van der Waals surface area (Å²) < 4.78 is 0. The predicted octanol–water partition coefficient (Wildman–Crippen LogP) is 3.11. The van der Waals surface area contributed by atoms with E-state index < -0.39 is 5.97 Å². The van der Waals surface area contributed by atoms with E-state index >= 15 is 0 Å². The van der Waals surface area contributed by atoms with Crippen molar-refractivity contribution in [3.05, 3.63) is 24.3 Å². The van der Waals surface area contributed by atoms with Gasteiger partial charge < -0.3 is 5.11 Å². The van der Waals surface area contributed by atoms with Gasteiger partial charge in [0.2, 0.25) is 0 Å². The van der Waals surface area contributed by atoms with Crippen LogP contribution in [0, 0.1) is 0 Å². The van der Waals surface area contributed by atoms with E-state index in [-0.39, 0.29) is 5.78 Å². The lowest BCUT2D eigenvalue weighted by atomic mass is 10.1. The van der Waals surface area contributed by atoms with Crippen molar-refractivity contribution in [2.75, 3.05) is 0 Å². The summed E-state index contributed by atoms with van der Waals surface area (Å²) in [6, 6.07) is 0. The molecule has 90 valence electrons. The van der Waals surface area contributed by atoms with Crippen molar-refractivity contribution >= 4 is 11.8 Å². The number of carboxylic acids is 1. The number of carbonyl (C=O) groups excluding carboxylic acids is 1. The number of ketones is 1. The molecule has 3 heteroatoms. The highest BCUT2D eigenvalue weighted by Gasteiger charge is 1.95. The van der Waals surface area contributed by atoms with Crippen LogP contribution >= 0.6 is 0 Å². The van der Waals surface area contributed by atoms with Gasteiger partial charge >= 0.3 is 5.97 Å². The Balaban J connectivity index is 3.54. The normalized spacial score (nSPS) is 11.3. The van der Waals surface area contributed by atoms with Gasteiger partial charge in [-0.3, -0.25) is 4.79 Å². The summed E-state index contributed by atoms with van der Waals surface area (Å²) in [6.45, 7) is 2.16. The average molecular weight is 224 g/mol. The molecule has 1 N–H and O–H groups in total. The summed E-state index contributed by atoms with van der Waals surface area (Å²) in [5.41, 5.74) is 0. The van der Waals surface area contributed by atoms with Crippen LogP contribution in [0.25, 0.3) is 0 Å². The highest BCUT2D eigenvalue weighted by atomic mass is 16.4. The number of allylic oxidation sites excluding steroid dienone is 3. The van der Waals surface area contributed by atoms with Gasteiger partial charge in [-0.25, -0.2) is 4.79 Å². The van der Waals surface area contributed by atoms with Crippen molar-refractivity contribution in [2.45, 2.75) is 45.4 Å². The highest BCUT2D eigenvalue weighted by molar-refractivity contribution is 5.90. The number of hydrogen-bond acceptors (Lipinski definition) is 2. The van der Waals surface area contributed by atoms with Crippen molar-refractivity contribution in [1.82, 2.24) is 0 Å². The van der Waals surface area contributed by atoms with E-state index in [9.17, 15) is 9.59 Å². The van der Waals surface area contributed by atoms with E-state index in [1.54, 1.807) is 0 Å². The van der Waals surface area contributed by atoms with Gasteiger partial charge in [0.25, 0.3) is 0 Å². The Morgan fingerprint density at radius 3 is 2.25 bits per heavy atom. The molecular formula is C13H20O3. The zero-order valence-corrected chi connectivity index (χ0v) is 9.82. The molecule has 0 saturated heterocycles. The van der Waals surface area contributed by atoms with Crippen LogP contribution in [0.5, 0.6) is 0 Å². The highest BCUT2D eigenvalue weighted by Crippen LogP contribution is 2.05. The lowest BCUT2D eigenvalue weighted by molar-refractivity contribution is -0.131. The molecule has 0 radical (unpaired) electrons. The fraction of sp³-hybridized carbons (Fsp3) is 0.538. The van der Waals surface area contributed by atoms with Crippen molar-refractivity contribution in [1.29, 1.82) is 0 Å². The summed E-state index contributed by atoms with van der Waals surface area (Å²) in [5, 5.41) is 8.30. The first-order valence-corrected chi connectivity index (χ1v) is 5.77. The molecule has 0 aliphatic heterocycles. The molecule has 0 bridgehead atoms. The van der Waals surface area contributed by atoms with E-state index in [0.717, 1.165) is 18.9 Å². The minimum absolute atomic E-state index is 0.0616. The molecule has 0 aliphatic carbocycles. The number of unbranched alkanes of at least 4 members (excludes halogenated alkanes) is 4. The molecule has 0 fully saturated rings. The van der Waals surface area contributed by atoms with Gasteiger partial charge in [-0.05, 0) is 12.5 Å². The first kappa shape index (κ1) is 14.6. The fourth-order valence-corrected chi connectivity index (χ4v) is 1.29. The zero-order chi connectivity index (χ0) is 12.2. The second kappa shape index (κ2) is 10.1. The van der Waals surface area contributed by atoms with Crippen LogP contribution in [0.2, 0.25) is 0 Å². The molecule has 0 aromatic rings. The second-order valence-corrected chi connectivity index (χ2v) is 3.69. The summed E-state index contributed by atoms with van der Waals surface area (Å²) in [6.07, 6.45) is 11.5. The summed E-state index contributed by atoms with van der Waals surface area (Å²) in [7, 11) is 0. The minimum Gasteiger partial charge on any atom is -0.478 e. The first-order valence-electron chi connectivity index (χ1n) is 5.77. The van der Waals surface area contributed by atoms with Gasteiger partial charge in [0.15, 0.2) is 5.78 Å². The van der Waals surface area contributed by atoms with Gasteiger partial charge in [-0.2, -0.15) is 0 Å². The van der Waals surface area contributed by atoms with Crippen LogP contribution in [-0.2, 0) is 9.59 Å². The van der Waals surface area contributed by atoms with Gasteiger partial charge in [0, 0.05) is 12.5 Å². The Labute approximate surface area is 96.9 Å². The monoisotopic (exact) mass is 224 g/mol. The molecule has 0 atom stereocenters. The molecule has 0 saturated carbocycles. The molecule has 0 rings (SSSR count). The summed E-state index contributed by atoms with van der Waals surface area (Å²) in [4.78, 5) is 21.4. The van der Waals surface area contributed by atoms with Crippen molar-refractivity contribution < 1.29 is 14.7 Å². The van der Waals surface area contributed by atoms with Crippen molar-refractivity contribution in [3.8, 4) is 0 Å². The lowest BCUT2D eigenvalue weighted by Crippen LogP contribution is -1.92. The number of carbonyl (C=O) groups is 2. The summed E-state index contributed by atoms with van der Waals surface area (Å²) >= 11 is 0. The van der Waals surface area contributed by atoms with Crippen LogP contribution in [0.3, 0.4) is 0 Å². The van der Waals surface area contributed by atoms with Crippen LogP contribution in [0.4, 0.5) is 0 Å². The Morgan fingerprint density at radius 1 is 1.00 bits per heavy atom. The van der Waals surface area contributed by atoms with E-state index in [2.05, 4.69) is 6.92 Å². The molecule has 0 spiro atoms. The molecule has 0 aromatic heterocycles. The largest absolute Gasteiger partial charge is 0.478 e. The average Bonchev–Trinajstić information content (AvgIpc) is 2.24. The molecule has 0 aliphatic rings. The molecule has 0 unspecified atom stereocenters. The van der Waals surface area contributed by atoms with Gasteiger partial charge in [-0.15, -0.1) is 0 Å². The molecule has 0 aromatic carbocycles. The number of carboxylic acid groups (broad SMARTS) is 1. The van der Waals surface area contributed by atoms with Crippen LogP contribution < -0.4 is 0 Å². The van der Waals surface area contributed by atoms with E-state index in [4.69, 9.17) is 5.11 Å². The molecule has 16 heavy (non-hydrogen) atoms. The minimum atomic E-state index is -1.00. The van der Waals surface area contributed by atoms with Crippen molar-refractivity contribution in [2.24, 2.45) is 0 Å². The third-order valence-electron chi connectivity index (χ3n) is 2.16. The molecular weight excluding hydrogens is 204 g/mol. The summed E-state index contributed by atoms with van der Waals surface area (Å²) in [5.74, 6) is -0.941. The quantitative estimate of drug-likeness (QED) is 0.372. The SMILES string of the molecule is CCCCCCCC(=O)C=CC=CC(=O)O. The van der Waals surface area contributed by atoms with Crippen LogP contribution in [-0.4, -0.2) is 16.9 Å². The standard InChI is InChI=1S/C13H20O3/c1-2-3-4-5-6-9-12(14)10-7-8-11-13(15)16/h7-8,10-11H,2-6,9H2,1H3,(H,15,16). The Bertz CT molecular complexity index is 264. The number of rotatable bonds is 9. The maximum Gasteiger partial charge on any atom is 0.328 e. The zero-order valence-electron chi connectivity index (χ0n) is 9.82. The number of hydrogen-bond donors (Lipinski definition) is 1. The third kappa shape index (κ3) is 10.7. The first-order chi connectivity index (χ1) is 7.66. The Kier molecular flexibility index (Phi) is 9.27. The molecule has 3 nitrogen and oxygen atoms in total. The van der Waals surface area contributed by atoms with Crippen molar-refractivity contribution in [3.63, 3.8) is 0 Å². The van der Waals surface area contributed by atoms with E-state index in [1.807, 2.05) is 0 Å². The van der Waals surface area contributed by atoms with Gasteiger partial charge in [0.05, 0.1) is 0 Å². The maximum absolute atomic E-state index is 11.3. The fourth-order valence-electron chi connectivity index (χ4n) is 1.29. The van der Waals surface area contributed by atoms with E-state index in [1.165, 1.54) is 37.5 Å². The third-order valence-corrected chi connectivity index (χ3v) is 2.16. The Morgan fingerprint density at radius 2 is 1.62 bits per heavy atom. The smallest absolute Gasteiger partial charge is 0.328 e. The van der Waals surface area contributed by atoms with E-state index in [0.29, 0.717) is 6.42 Å². The van der Waals surface area contributed by atoms with Crippen LogP contribution in [0.1, 0.15) is 45.4 Å².